The molecule has 28 heavy (non-hydrogen) atoms. The predicted octanol–water partition coefficient (Wildman–Crippen LogP) is 4.15. The minimum atomic E-state index is -0.264. The molecule has 0 aliphatic carbocycles. The van der Waals surface area contributed by atoms with Crippen molar-refractivity contribution in [3.63, 3.8) is 0 Å². The Kier molecular flexibility index (Phi) is 5.37. The maximum absolute atomic E-state index is 13.0. The van der Waals surface area contributed by atoms with Crippen LogP contribution in [0.2, 0.25) is 0 Å². The molecule has 2 aromatic carbocycles. The van der Waals surface area contributed by atoms with Gasteiger partial charge in [0, 0.05) is 13.0 Å². The number of nitrogens with zero attached hydrogens (tertiary/aromatic N) is 2. The normalized spacial score (nSPS) is 16.3. The van der Waals surface area contributed by atoms with Gasteiger partial charge < -0.3 is 14.1 Å². The number of para-hydroxylation sites is 1. The third-order valence-electron chi connectivity index (χ3n) is 4.83. The summed E-state index contributed by atoms with van der Waals surface area (Å²) in [6.45, 7) is 0.654. The summed E-state index contributed by atoms with van der Waals surface area (Å²) >= 11 is 0. The van der Waals surface area contributed by atoms with Gasteiger partial charge in [0.05, 0.1) is 6.20 Å². The van der Waals surface area contributed by atoms with E-state index in [0.29, 0.717) is 30.4 Å². The van der Waals surface area contributed by atoms with E-state index in [-0.39, 0.29) is 24.4 Å². The van der Waals surface area contributed by atoms with Crippen molar-refractivity contribution in [3.8, 4) is 5.75 Å². The van der Waals surface area contributed by atoms with Crippen LogP contribution in [0.4, 0.5) is 4.39 Å². The van der Waals surface area contributed by atoms with Crippen molar-refractivity contribution in [3.05, 3.63) is 83.8 Å². The van der Waals surface area contributed by atoms with Crippen molar-refractivity contribution >= 4 is 5.91 Å². The number of hydrogen-bond donors (Lipinski definition) is 0. The Hall–Kier alpha value is -3.15. The number of amides is 1. The molecule has 4 rings (SSSR count). The Morgan fingerprint density at radius 3 is 2.75 bits per heavy atom. The van der Waals surface area contributed by atoms with E-state index >= 15 is 0 Å². The molecule has 0 radical (unpaired) electrons. The third-order valence-corrected chi connectivity index (χ3v) is 4.83. The maximum Gasteiger partial charge on any atom is 0.261 e. The van der Waals surface area contributed by atoms with Crippen molar-refractivity contribution in [2.45, 2.75) is 25.3 Å². The summed E-state index contributed by atoms with van der Waals surface area (Å²) in [4.78, 5) is 18.8. The fourth-order valence-electron chi connectivity index (χ4n) is 3.43. The number of halogens is 1. The average molecular weight is 380 g/mol. The van der Waals surface area contributed by atoms with Gasteiger partial charge >= 0.3 is 0 Å². The van der Waals surface area contributed by atoms with Gasteiger partial charge in [-0.25, -0.2) is 9.37 Å². The highest BCUT2D eigenvalue weighted by Gasteiger charge is 2.33. The van der Waals surface area contributed by atoms with Crippen LogP contribution in [0.3, 0.4) is 0 Å². The number of rotatable bonds is 6. The molecule has 3 aromatic rings. The maximum atomic E-state index is 13.0. The highest BCUT2D eigenvalue weighted by Crippen LogP contribution is 2.32. The lowest BCUT2D eigenvalue weighted by Crippen LogP contribution is -2.34. The zero-order valence-corrected chi connectivity index (χ0v) is 15.4. The van der Waals surface area contributed by atoms with Crippen LogP contribution in [0.1, 0.15) is 36.1 Å². The van der Waals surface area contributed by atoms with Crippen LogP contribution >= 0.6 is 0 Å². The van der Waals surface area contributed by atoms with E-state index < -0.39 is 0 Å². The summed E-state index contributed by atoms with van der Waals surface area (Å²) in [7, 11) is 0. The average Bonchev–Trinajstić information content (AvgIpc) is 3.38. The number of carbonyl (C=O) groups excluding carboxylic acids is 1. The predicted molar refractivity (Wildman–Crippen MR) is 101 cm³/mol. The Morgan fingerprint density at radius 1 is 1.18 bits per heavy atom. The zero-order chi connectivity index (χ0) is 19.3. The van der Waals surface area contributed by atoms with Gasteiger partial charge in [-0.2, -0.15) is 0 Å². The van der Waals surface area contributed by atoms with Crippen molar-refractivity contribution in [2.75, 3.05) is 13.2 Å². The Morgan fingerprint density at radius 2 is 1.96 bits per heavy atom. The summed E-state index contributed by atoms with van der Waals surface area (Å²) in [6.07, 6.45) is 3.93. The van der Waals surface area contributed by atoms with Crippen molar-refractivity contribution < 1.29 is 18.3 Å². The minimum absolute atomic E-state index is 0.0103. The Balaban J connectivity index is 1.39. The topological polar surface area (TPSA) is 55.6 Å². The van der Waals surface area contributed by atoms with Crippen LogP contribution in [-0.4, -0.2) is 28.9 Å². The molecule has 1 saturated heterocycles. The molecular weight excluding hydrogens is 359 g/mol. The number of likely N-dealkylation sites (tertiary alicyclic amines) is 1. The first-order chi connectivity index (χ1) is 13.7. The smallest absolute Gasteiger partial charge is 0.261 e. The lowest BCUT2D eigenvalue weighted by molar-refractivity contribution is -0.134. The number of oxazole rings is 1. The second kappa shape index (κ2) is 8.25. The molecule has 2 heterocycles. The first kappa shape index (κ1) is 18.2. The highest BCUT2D eigenvalue weighted by atomic mass is 19.1. The number of benzene rings is 2. The summed E-state index contributed by atoms with van der Waals surface area (Å²) in [5.74, 6) is 1.57. The van der Waals surface area contributed by atoms with Crippen molar-refractivity contribution in [2.24, 2.45) is 0 Å². The molecule has 0 spiro atoms. The van der Waals surface area contributed by atoms with Crippen molar-refractivity contribution in [1.82, 2.24) is 9.88 Å². The molecule has 1 fully saturated rings. The first-order valence-electron chi connectivity index (χ1n) is 9.35. The molecule has 0 N–H and O–H groups in total. The molecule has 1 aliphatic rings. The van der Waals surface area contributed by atoms with Crippen LogP contribution in [0.15, 0.2) is 65.2 Å². The largest absolute Gasteiger partial charge is 0.484 e. The van der Waals surface area contributed by atoms with E-state index in [0.717, 1.165) is 18.4 Å². The van der Waals surface area contributed by atoms with Gasteiger partial charge in [0.1, 0.15) is 23.4 Å². The standard InChI is InChI=1S/C22H21FN2O3/c23-17-10-8-16(9-11-17)13-19-14-24-22(28-19)20-7-4-12-25(20)21(26)15-27-18-5-2-1-3-6-18/h1-3,5-6,8-11,14,20H,4,7,12-13,15H2/t20-/m0/s1. The van der Waals surface area contributed by atoms with E-state index in [1.165, 1.54) is 12.1 Å². The SMILES string of the molecule is O=C(COc1ccccc1)N1CCC[C@H]1c1ncc(Cc2ccc(F)cc2)o1. The molecule has 1 atom stereocenters. The highest BCUT2D eigenvalue weighted by molar-refractivity contribution is 5.78. The van der Waals surface area contributed by atoms with Gasteiger partial charge in [0.25, 0.3) is 5.91 Å². The molecule has 1 aliphatic heterocycles. The van der Waals surface area contributed by atoms with Crippen LogP contribution in [0, 0.1) is 5.82 Å². The fraction of sp³-hybridized carbons (Fsp3) is 0.273. The minimum Gasteiger partial charge on any atom is -0.484 e. The van der Waals surface area contributed by atoms with Crippen molar-refractivity contribution in [1.29, 1.82) is 0 Å². The van der Waals surface area contributed by atoms with Gasteiger partial charge in [0.15, 0.2) is 6.61 Å². The molecule has 1 aromatic heterocycles. The lowest BCUT2D eigenvalue weighted by atomic mass is 10.1. The number of hydrogen-bond acceptors (Lipinski definition) is 4. The summed E-state index contributed by atoms with van der Waals surface area (Å²) in [6, 6.07) is 15.4. The monoisotopic (exact) mass is 380 g/mol. The van der Waals surface area contributed by atoms with Crippen LogP contribution < -0.4 is 4.74 Å². The fourth-order valence-corrected chi connectivity index (χ4v) is 3.43. The number of ether oxygens (including phenoxy) is 1. The van der Waals surface area contributed by atoms with Gasteiger partial charge in [-0.1, -0.05) is 30.3 Å². The Labute approximate surface area is 162 Å². The van der Waals surface area contributed by atoms with Crippen LogP contribution in [-0.2, 0) is 11.2 Å². The lowest BCUT2D eigenvalue weighted by Gasteiger charge is -2.22. The summed E-state index contributed by atoms with van der Waals surface area (Å²) in [5.41, 5.74) is 0.944. The molecule has 0 saturated carbocycles. The molecule has 144 valence electrons. The van der Waals surface area contributed by atoms with Gasteiger partial charge in [0.2, 0.25) is 5.89 Å². The van der Waals surface area contributed by atoms with Gasteiger partial charge in [-0.15, -0.1) is 0 Å². The number of carbonyl (C=O) groups is 1. The second-order valence-corrected chi connectivity index (χ2v) is 6.81. The zero-order valence-electron chi connectivity index (χ0n) is 15.4. The number of aromatic nitrogens is 1. The van der Waals surface area contributed by atoms with Crippen LogP contribution in [0.25, 0.3) is 0 Å². The van der Waals surface area contributed by atoms with E-state index in [2.05, 4.69) is 4.98 Å². The summed E-state index contributed by atoms with van der Waals surface area (Å²) < 4.78 is 24.5. The molecule has 5 nitrogen and oxygen atoms in total. The third kappa shape index (κ3) is 4.22. The Bertz CT molecular complexity index is 924. The van der Waals surface area contributed by atoms with E-state index in [1.807, 2.05) is 30.3 Å². The molecule has 0 unspecified atom stereocenters. The van der Waals surface area contributed by atoms with Gasteiger partial charge in [-0.3, -0.25) is 4.79 Å². The van der Waals surface area contributed by atoms with E-state index in [9.17, 15) is 9.18 Å². The molecule has 0 bridgehead atoms. The molecule has 1 amide bonds. The van der Waals surface area contributed by atoms with Gasteiger partial charge in [-0.05, 0) is 42.7 Å². The van der Waals surface area contributed by atoms with E-state index in [1.54, 1.807) is 23.2 Å². The molecular formula is C22H21FN2O3. The second-order valence-electron chi connectivity index (χ2n) is 6.81. The quantitative estimate of drug-likeness (QED) is 0.645. The summed E-state index contributed by atoms with van der Waals surface area (Å²) in [5, 5.41) is 0. The van der Waals surface area contributed by atoms with Crippen LogP contribution in [0.5, 0.6) is 5.75 Å². The molecule has 6 heteroatoms. The first-order valence-corrected chi connectivity index (χ1v) is 9.35. The van der Waals surface area contributed by atoms with E-state index in [4.69, 9.17) is 9.15 Å².